The Morgan fingerprint density at radius 3 is 2.65 bits per heavy atom. The van der Waals surface area contributed by atoms with Crippen molar-refractivity contribution in [1.29, 1.82) is 0 Å². The Labute approximate surface area is 177 Å². The molecule has 2 atom stereocenters. The summed E-state index contributed by atoms with van der Waals surface area (Å²) in [6.45, 7) is 1.27. The van der Waals surface area contributed by atoms with Gasteiger partial charge >= 0.3 is 12.1 Å². The molecule has 9 heteroatoms. The molecule has 0 aromatic heterocycles. The largest absolute Gasteiger partial charge is 0.462 e. The van der Waals surface area contributed by atoms with Crippen molar-refractivity contribution in [3.8, 4) is 11.1 Å². The summed E-state index contributed by atoms with van der Waals surface area (Å²) in [5.41, 5.74) is 5.75. The Hall–Kier alpha value is -3.43. The zero-order chi connectivity index (χ0) is 22.0. The number of aliphatic hydroxyl groups is 1. The van der Waals surface area contributed by atoms with Gasteiger partial charge in [-0.2, -0.15) is 0 Å². The maximum absolute atomic E-state index is 14.8. The average molecular weight is 428 g/mol. The summed E-state index contributed by atoms with van der Waals surface area (Å²) in [6.07, 6.45) is 0.161. The quantitative estimate of drug-likeness (QED) is 0.683. The lowest BCUT2D eigenvalue weighted by atomic mass is 10.0. The van der Waals surface area contributed by atoms with E-state index in [1.807, 2.05) is 12.1 Å². The zero-order valence-electron chi connectivity index (χ0n) is 16.7. The van der Waals surface area contributed by atoms with Crippen LogP contribution >= 0.6 is 0 Å². The van der Waals surface area contributed by atoms with Crippen molar-refractivity contribution in [2.24, 2.45) is 0 Å². The predicted octanol–water partition coefficient (Wildman–Crippen LogP) is 2.62. The number of cyclic esters (lactones) is 1. The van der Waals surface area contributed by atoms with Crippen LogP contribution in [0.4, 0.5) is 14.9 Å². The number of anilines is 1. The van der Waals surface area contributed by atoms with Crippen molar-refractivity contribution in [3.63, 3.8) is 0 Å². The van der Waals surface area contributed by atoms with E-state index in [0.29, 0.717) is 16.8 Å². The van der Waals surface area contributed by atoms with Crippen LogP contribution in [0.25, 0.3) is 16.8 Å². The number of halogens is 1. The van der Waals surface area contributed by atoms with Crippen LogP contribution in [-0.2, 0) is 19.1 Å². The third kappa shape index (κ3) is 4.52. The number of hydroxylamine groups is 1. The van der Waals surface area contributed by atoms with Gasteiger partial charge in [0.2, 0.25) is 0 Å². The van der Waals surface area contributed by atoms with Crippen LogP contribution in [0.5, 0.6) is 0 Å². The highest BCUT2D eigenvalue weighted by atomic mass is 19.1. The average Bonchev–Trinajstić information content (AvgIpc) is 3.39. The molecule has 1 unspecified atom stereocenters. The minimum Gasteiger partial charge on any atom is -0.462 e. The van der Waals surface area contributed by atoms with Crippen LogP contribution in [0.2, 0.25) is 0 Å². The predicted molar refractivity (Wildman–Crippen MR) is 109 cm³/mol. The Balaban J connectivity index is 1.48. The van der Waals surface area contributed by atoms with E-state index >= 15 is 0 Å². The molecule has 2 aliphatic rings. The molecule has 0 aliphatic carbocycles. The van der Waals surface area contributed by atoms with Crippen LogP contribution in [0.1, 0.15) is 12.5 Å². The van der Waals surface area contributed by atoms with Gasteiger partial charge in [0.1, 0.15) is 18.5 Å². The van der Waals surface area contributed by atoms with E-state index in [4.69, 9.17) is 19.4 Å². The van der Waals surface area contributed by atoms with Gasteiger partial charge in [-0.25, -0.2) is 9.18 Å². The van der Waals surface area contributed by atoms with Crippen molar-refractivity contribution in [2.75, 3.05) is 24.7 Å². The van der Waals surface area contributed by atoms with Gasteiger partial charge in [0.25, 0.3) is 0 Å². The summed E-state index contributed by atoms with van der Waals surface area (Å²) < 4.78 is 24.9. The molecular weight excluding hydrogens is 407 g/mol. The lowest BCUT2D eigenvalue weighted by Crippen LogP contribution is -2.26. The number of carbonyl (C=O) groups excluding carboxylic acids is 2. The molecule has 2 heterocycles. The van der Waals surface area contributed by atoms with Gasteiger partial charge in [0.05, 0.1) is 24.5 Å². The fourth-order valence-corrected chi connectivity index (χ4v) is 3.40. The first-order chi connectivity index (χ1) is 14.9. The Morgan fingerprint density at radius 2 is 2.00 bits per heavy atom. The van der Waals surface area contributed by atoms with Gasteiger partial charge < -0.3 is 14.6 Å². The third-order valence-electron chi connectivity index (χ3n) is 4.97. The molecular formula is C22H21FN2O6. The van der Waals surface area contributed by atoms with Crippen molar-refractivity contribution >= 4 is 23.4 Å². The zero-order valence-corrected chi connectivity index (χ0v) is 16.7. The SMILES string of the molecule is CC(=O)OC[C@H]1CN(c2ccc(-c3ccc(C4=CC(CO)ON4)cc3)c(F)c2)C(=O)O1. The summed E-state index contributed by atoms with van der Waals surface area (Å²) in [5.74, 6) is -0.944. The topological polar surface area (TPSA) is 97.3 Å². The summed E-state index contributed by atoms with van der Waals surface area (Å²) in [7, 11) is 0. The number of hydrogen-bond donors (Lipinski definition) is 2. The van der Waals surface area contributed by atoms with Crippen molar-refractivity contribution < 1.29 is 33.4 Å². The fourth-order valence-electron chi connectivity index (χ4n) is 3.40. The van der Waals surface area contributed by atoms with Gasteiger partial charge in [-0.05, 0) is 35.4 Å². The number of aliphatic hydroxyl groups excluding tert-OH is 1. The second kappa shape index (κ2) is 8.75. The van der Waals surface area contributed by atoms with E-state index in [1.165, 1.54) is 17.9 Å². The second-order valence-electron chi connectivity index (χ2n) is 7.18. The van der Waals surface area contributed by atoms with Gasteiger partial charge in [-0.1, -0.05) is 24.3 Å². The first-order valence-corrected chi connectivity index (χ1v) is 9.71. The molecule has 1 fully saturated rings. The monoisotopic (exact) mass is 428 g/mol. The van der Waals surface area contributed by atoms with E-state index in [9.17, 15) is 14.0 Å². The molecule has 162 valence electrons. The number of nitrogens with zero attached hydrogens (tertiary/aromatic N) is 1. The Bertz CT molecular complexity index is 1020. The lowest BCUT2D eigenvalue weighted by molar-refractivity contribution is -0.143. The van der Waals surface area contributed by atoms with Crippen LogP contribution < -0.4 is 10.4 Å². The molecule has 2 aromatic rings. The van der Waals surface area contributed by atoms with E-state index in [0.717, 1.165) is 11.3 Å². The van der Waals surface area contributed by atoms with Gasteiger partial charge in [-0.15, -0.1) is 0 Å². The molecule has 2 aliphatic heterocycles. The molecule has 0 bridgehead atoms. The van der Waals surface area contributed by atoms with Gasteiger partial charge in [0, 0.05) is 12.5 Å². The van der Waals surface area contributed by atoms with E-state index in [1.54, 1.807) is 30.3 Å². The minimum atomic E-state index is -0.616. The van der Waals surface area contributed by atoms with Crippen molar-refractivity contribution in [1.82, 2.24) is 5.48 Å². The number of amides is 1. The number of rotatable bonds is 6. The highest BCUT2D eigenvalue weighted by molar-refractivity contribution is 5.90. The van der Waals surface area contributed by atoms with Crippen molar-refractivity contribution in [3.05, 3.63) is 59.9 Å². The first-order valence-electron chi connectivity index (χ1n) is 9.71. The van der Waals surface area contributed by atoms with Crippen molar-refractivity contribution in [2.45, 2.75) is 19.1 Å². The van der Waals surface area contributed by atoms with E-state index in [2.05, 4.69) is 5.48 Å². The molecule has 1 amide bonds. The normalized spacial score (nSPS) is 20.3. The number of carbonyl (C=O) groups is 2. The number of nitrogens with one attached hydrogen (secondary N) is 1. The fraction of sp³-hybridized carbons (Fsp3) is 0.273. The molecule has 8 nitrogen and oxygen atoms in total. The Kier molecular flexibility index (Phi) is 5.88. The first kappa shape index (κ1) is 20.8. The van der Waals surface area contributed by atoms with Gasteiger partial charge in [-0.3, -0.25) is 20.0 Å². The van der Waals surface area contributed by atoms with Gasteiger partial charge in [0.15, 0.2) is 6.10 Å². The number of benzene rings is 2. The highest BCUT2D eigenvalue weighted by Crippen LogP contribution is 2.30. The van der Waals surface area contributed by atoms with E-state index in [-0.39, 0.29) is 19.8 Å². The lowest BCUT2D eigenvalue weighted by Gasteiger charge is -2.14. The second-order valence-corrected chi connectivity index (χ2v) is 7.18. The maximum atomic E-state index is 14.8. The molecule has 0 spiro atoms. The molecule has 4 rings (SSSR count). The van der Waals surface area contributed by atoms with Crippen LogP contribution in [-0.4, -0.2) is 49.1 Å². The molecule has 0 radical (unpaired) electrons. The molecule has 2 aromatic carbocycles. The van der Waals surface area contributed by atoms with Crippen LogP contribution in [0, 0.1) is 5.82 Å². The number of hydrogen-bond acceptors (Lipinski definition) is 7. The summed E-state index contributed by atoms with van der Waals surface area (Å²) in [4.78, 5) is 29.5. The summed E-state index contributed by atoms with van der Waals surface area (Å²) in [6, 6.07) is 11.7. The summed E-state index contributed by atoms with van der Waals surface area (Å²) in [5, 5.41) is 9.13. The van der Waals surface area contributed by atoms with Crippen LogP contribution in [0.15, 0.2) is 48.5 Å². The minimum absolute atomic E-state index is 0.0418. The van der Waals surface area contributed by atoms with E-state index < -0.39 is 30.1 Å². The van der Waals surface area contributed by atoms with Crippen LogP contribution in [0.3, 0.4) is 0 Å². The highest BCUT2D eigenvalue weighted by Gasteiger charge is 2.33. The Morgan fingerprint density at radius 1 is 1.26 bits per heavy atom. The maximum Gasteiger partial charge on any atom is 0.414 e. The molecule has 1 saturated heterocycles. The number of ether oxygens (including phenoxy) is 2. The molecule has 2 N–H and O–H groups in total. The molecule has 0 saturated carbocycles. The third-order valence-corrected chi connectivity index (χ3v) is 4.97. The number of esters is 1. The smallest absolute Gasteiger partial charge is 0.414 e. The standard InChI is InChI=1S/C22H21FN2O6/c1-13(27)29-12-18-10-25(22(28)30-18)16-6-7-19(20(23)8-16)14-2-4-15(5-3-14)21-9-17(11-26)31-24-21/h2-9,17-18,24,26H,10-12H2,1H3/t17?,18-/m1/s1. The summed E-state index contributed by atoms with van der Waals surface area (Å²) >= 11 is 0. The molecule has 31 heavy (non-hydrogen) atoms.